The molecule has 0 spiro atoms. The summed E-state index contributed by atoms with van der Waals surface area (Å²) in [5.74, 6) is 0.933. The van der Waals surface area contributed by atoms with E-state index in [0.29, 0.717) is 12.6 Å². The van der Waals surface area contributed by atoms with Gasteiger partial charge in [0, 0.05) is 23.5 Å². The lowest BCUT2D eigenvalue weighted by molar-refractivity contribution is 0.0547. The molecule has 0 amide bonds. The number of para-hydroxylation sites is 1. The molecule has 0 aliphatic heterocycles. The van der Waals surface area contributed by atoms with Crippen molar-refractivity contribution in [2.75, 3.05) is 0 Å². The van der Waals surface area contributed by atoms with Crippen molar-refractivity contribution in [3.63, 3.8) is 0 Å². The van der Waals surface area contributed by atoms with E-state index in [-0.39, 0.29) is 6.10 Å². The molecular weight excluding hydrogens is 238 g/mol. The number of nitrogens with one attached hydrogen (secondary N) is 1. The van der Waals surface area contributed by atoms with Crippen molar-refractivity contribution in [3.8, 4) is 0 Å². The van der Waals surface area contributed by atoms with Crippen LogP contribution in [0.1, 0.15) is 39.0 Å². The van der Waals surface area contributed by atoms with Crippen molar-refractivity contribution in [2.45, 2.75) is 53.0 Å². The standard InChI is InChI=1S/C16H23NO2/c1-11(2)17-9-14-13-7-5-6-8-15(13)19-16(14)10-18-12(3)4/h5-8,11-12,17H,9-10H2,1-4H3. The van der Waals surface area contributed by atoms with Gasteiger partial charge in [0.05, 0.1) is 6.10 Å². The Balaban J connectivity index is 2.28. The number of rotatable bonds is 6. The van der Waals surface area contributed by atoms with Crippen LogP contribution in [0.15, 0.2) is 28.7 Å². The average Bonchev–Trinajstić information content (AvgIpc) is 2.71. The number of furan rings is 1. The molecule has 104 valence electrons. The first-order valence-corrected chi connectivity index (χ1v) is 6.92. The topological polar surface area (TPSA) is 34.4 Å². The molecule has 19 heavy (non-hydrogen) atoms. The maximum Gasteiger partial charge on any atom is 0.135 e. The highest BCUT2D eigenvalue weighted by Crippen LogP contribution is 2.26. The molecular formula is C16H23NO2. The molecule has 0 saturated heterocycles. The summed E-state index contributed by atoms with van der Waals surface area (Å²) < 4.78 is 11.6. The first-order valence-electron chi connectivity index (χ1n) is 6.92. The van der Waals surface area contributed by atoms with Gasteiger partial charge in [-0.05, 0) is 19.9 Å². The van der Waals surface area contributed by atoms with E-state index in [1.807, 2.05) is 32.0 Å². The average molecular weight is 261 g/mol. The van der Waals surface area contributed by atoms with Crippen LogP contribution < -0.4 is 5.32 Å². The summed E-state index contributed by atoms with van der Waals surface area (Å²) in [6, 6.07) is 8.61. The van der Waals surface area contributed by atoms with Gasteiger partial charge in [0.1, 0.15) is 18.0 Å². The molecule has 1 heterocycles. The van der Waals surface area contributed by atoms with Gasteiger partial charge in [-0.3, -0.25) is 0 Å². The Morgan fingerprint density at radius 1 is 1.16 bits per heavy atom. The molecule has 0 saturated carbocycles. The quantitative estimate of drug-likeness (QED) is 0.857. The number of benzene rings is 1. The minimum Gasteiger partial charge on any atom is -0.458 e. The number of fused-ring (bicyclic) bond motifs is 1. The van der Waals surface area contributed by atoms with Crippen LogP contribution in [-0.2, 0) is 17.9 Å². The molecule has 0 bridgehead atoms. The molecule has 1 N–H and O–H groups in total. The second kappa shape index (κ2) is 6.22. The van der Waals surface area contributed by atoms with E-state index < -0.39 is 0 Å². The maximum atomic E-state index is 5.92. The zero-order valence-electron chi connectivity index (χ0n) is 12.2. The highest BCUT2D eigenvalue weighted by atomic mass is 16.5. The lowest BCUT2D eigenvalue weighted by atomic mass is 10.1. The van der Waals surface area contributed by atoms with Crippen LogP contribution in [0.4, 0.5) is 0 Å². The summed E-state index contributed by atoms with van der Waals surface area (Å²) in [6.45, 7) is 9.70. The van der Waals surface area contributed by atoms with Crippen molar-refractivity contribution in [1.82, 2.24) is 5.32 Å². The predicted octanol–water partition coefficient (Wildman–Crippen LogP) is 3.86. The predicted molar refractivity (Wildman–Crippen MR) is 78.1 cm³/mol. The zero-order valence-corrected chi connectivity index (χ0v) is 12.2. The van der Waals surface area contributed by atoms with Crippen molar-refractivity contribution in [1.29, 1.82) is 0 Å². The van der Waals surface area contributed by atoms with E-state index in [1.54, 1.807) is 0 Å². The van der Waals surface area contributed by atoms with E-state index in [1.165, 1.54) is 10.9 Å². The molecule has 1 aromatic heterocycles. The minimum atomic E-state index is 0.208. The van der Waals surface area contributed by atoms with Gasteiger partial charge < -0.3 is 14.5 Å². The van der Waals surface area contributed by atoms with Crippen LogP contribution in [-0.4, -0.2) is 12.1 Å². The van der Waals surface area contributed by atoms with E-state index in [9.17, 15) is 0 Å². The van der Waals surface area contributed by atoms with Gasteiger partial charge in [-0.15, -0.1) is 0 Å². The van der Waals surface area contributed by atoms with Crippen molar-refractivity contribution in [2.24, 2.45) is 0 Å². The summed E-state index contributed by atoms with van der Waals surface area (Å²) >= 11 is 0. The highest BCUT2D eigenvalue weighted by molar-refractivity contribution is 5.82. The Bertz CT molecular complexity index is 529. The lowest BCUT2D eigenvalue weighted by Crippen LogP contribution is -2.22. The molecule has 1 aromatic carbocycles. The number of hydrogen-bond acceptors (Lipinski definition) is 3. The molecule has 0 unspecified atom stereocenters. The smallest absolute Gasteiger partial charge is 0.135 e. The molecule has 3 nitrogen and oxygen atoms in total. The third kappa shape index (κ3) is 3.58. The molecule has 2 aromatic rings. The molecule has 3 heteroatoms. The summed E-state index contributed by atoms with van der Waals surface area (Å²) in [7, 11) is 0. The first-order chi connectivity index (χ1) is 9.08. The SMILES string of the molecule is CC(C)NCc1c(COC(C)C)oc2ccccc12. The highest BCUT2D eigenvalue weighted by Gasteiger charge is 2.14. The third-order valence-corrected chi connectivity index (χ3v) is 3.02. The van der Waals surface area contributed by atoms with E-state index in [4.69, 9.17) is 9.15 Å². The fraction of sp³-hybridized carbons (Fsp3) is 0.500. The Morgan fingerprint density at radius 3 is 2.58 bits per heavy atom. The fourth-order valence-corrected chi connectivity index (χ4v) is 2.01. The van der Waals surface area contributed by atoms with Crippen LogP contribution in [0.25, 0.3) is 11.0 Å². The van der Waals surface area contributed by atoms with Gasteiger partial charge in [0.25, 0.3) is 0 Å². The van der Waals surface area contributed by atoms with Crippen LogP contribution in [0.5, 0.6) is 0 Å². The van der Waals surface area contributed by atoms with Crippen molar-refractivity contribution < 1.29 is 9.15 Å². The van der Waals surface area contributed by atoms with Gasteiger partial charge in [-0.25, -0.2) is 0 Å². The third-order valence-electron chi connectivity index (χ3n) is 3.02. The fourth-order valence-electron chi connectivity index (χ4n) is 2.01. The minimum absolute atomic E-state index is 0.208. The van der Waals surface area contributed by atoms with Crippen LogP contribution in [0.2, 0.25) is 0 Å². The zero-order chi connectivity index (χ0) is 13.8. The molecule has 0 fully saturated rings. The molecule has 0 radical (unpaired) electrons. The van der Waals surface area contributed by atoms with Gasteiger partial charge in [-0.1, -0.05) is 32.0 Å². The molecule has 2 rings (SSSR count). The number of ether oxygens (including phenoxy) is 1. The van der Waals surface area contributed by atoms with Crippen molar-refractivity contribution >= 4 is 11.0 Å². The molecule has 0 aliphatic carbocycles. The second-order valence-corrected chi connectivity index (χ2v) is 5.40. The van der Waals surface area contributed by atoms with Crippen molar-refractivity contribution in [3.05, 3.63) is 35.6 Å². The maximum absolute atomic E-state index is 5.92. The van der Waals surface area contributed by atoms with Gasteiger partial charge in [-0.2, -0.15) is 0 Å². The van der Waals surface area contributed by atoms with Gasteiger partial charge >= 0.3 is 0 Å². The lowest BCUT2D eigenvalue weighted by Gasteiger charge is -2.10. The molecule has 0 aliphatic rings. The second-order valence-electron chi connectivity index (χ2n) is 5.40. The Labute approximate surface area is 114 Å². The van der Waals surface area contributed by atoms with Crippen LogP contribution >= 0.6 is 0 Å². The summed E-state index contributed by atoms with van der Waals surface area (Å²) in [5.41, 5.74) is 2.15. The first kappa shape index (κ1) is 14.1. The number of hydrogen-bond donors (Lipinski definition) is 1. The van der Waals surface area contributed by atoms with Crippen LogP contribution in [0, 0.1) is 0 Å². The van der Waals surface area contributed by atoms with E-state index >= 15 is 0 Å². The summed E-state index contributed by atoms with van der Waals surface area (Å²) in [6.07, 6.45) is 0.208. The Kier molecular flexibility index (Phi) is 4.61. The molecule has 0 atom stereocenters. The monoisotopic (exact) mass is 261 g/mol. The van der Waals surface area contributed by atoms with E-state index in [0.717, 1.165) is 17.9 Å². The Hall–Kier alpha value is -1.32. The van der Waals surface area contributed by atoms with Gasteiger partial charge in [0.2, 0.25) is 0 Å². The van der Waals surface area contributed by atoms with E-state index in [2.05, 4.69) is 25.2 Å². The normalized spacial score (nSPS) is 11.9. The largest absolute Gasteiger partial charge is 0.458 e. The summed E-state index contributed by atoms with van der Waals surface area (Å²) in [4.78, 5) is 0. The summed E-state index contributed by atoms with van der Waals surface area (Å²) in [5, 5.41) is 4.63. The van der Waals surface area contributed by atoms with Gasteiger partial charge in [0.15, 0.2) is 0 Å². The Morgan fingerprint density at radius 2 is 1.89 bits per heavy atom. The van der Waals surface area contributed by atoms with Crippen LogP contribution in [0.3, 0.4) is 0 Å².